The Labute approximate surface area is 125 Å². The molecule has 0 saturated carbocycles. The minimum atomic E-state index is -0.381. The quantitative estimate of drug-likeness (QED) is 0.242. The van der Waals surface area contributed by atoms with Gasteiger partial charge in [0.25, 0.3) is 0 Å². The van der Waals surface area contributed by atoms with E-state index in [0.717, 1.165) is 12.8 Å². The second-order valence-corrected chi connectivity index (χ2v) is 5.65. The fourth-order valence-electron chi connectivity index (χ4n) is 2.23. The van der Waals surface area contributed by atoms with Crippen molar-refractivity contribution < 1.29 is 9.59 Å². The maximum Gasteiger partial charge on any atom is 0.220 e. The number of carbonyl (C=O) groups is 2. The number of Topliss-reactive ketones (excluding diaryl/α,β-unsaturated/α-hetero) is 1. The van der Waals surface area contributed by atoms with Crippen LogP contribution in [0.3, 0.4) is 0 Å². The van der Waals surface area contributed by atoms with E-state index in [1.165, 1.54) is 77.2 Å². The summed E-state index contributed by atoms with van der Waals surface area (Å²) in [6.45, 7) is 3.57. The van der Waals surface area contributed by atoms with E-state index < -0.39 is 0 Å². The summed E-state index contributed by atoms with van der Waals surface area (Å²) < 4.78 is 0. The van der Waals surface area contributed by atoms with Crippen LogP contribution in [0.25, 0.3) is 0 Å². The van der Waals surface area contributed by atoms with Crippen molar-refractivity contribution in [2.75, 3.05) is 0 Å². The Morgan fingerprint density at radius 2 is 1.20 bits per heavy atom. The zero-order valence-electron chi connectivity index (χ0n) is 13.5. The SMILES string of the molecule is CCCCCCCCCCCCCC=CC(=O)C(C)=O. The summed E-state index contributed by atoms with van der Waals surface area (Å²) >= 11 is 0. The molecule has 0 unspecified atom stereocenters. The topological polar surface area (TPSA) is 34.1 Å². The van der Waals surface area contributed by atoms with Crippen LogP contribution in [0.5, 0.6) is 0 Å². The molecule has 0 heterocycles. The smallest absolute Gasteiger partial charge is 0.220 e. The highest BCUT2D eigenvalue weighted by molar-refractivity contribution is 6.40. The van der Waals surface area contributed by atoms with Crippen molar-refractivity contribution in [3.63, 3.8) is 0 Å². The van der Waals surface area contributed by atoms with E-state index in [2.05, 4.69) is 6.92 Å². The van der Waals surface area contributed by atoms with Gasteiger partial charge in [-0.05, 0) is 18.9 Å². The highest BCUT2D eigenvalue weighted by Gasteiger charge is 2.00. The molecule has 0 radical (unpaired) electrons. The van der Waals surface area contributed by atoms with E-state index in [9.17, 15) is 9.59 Å². The summed E-state index contributed by atoms with van der Waals surface area (Å²) in [5.74, 6) is -0.756. The molecular weight excluding hydrogens is 248 g/mol. The van der Waals surface area contributed by atoms with Gasteiger partial charge in [0.05, 0.1) is 0 Å². The highest BCUT2D eigenvalue weighted by Crippen LogP contribution is 2.11. The first-order valence-corrected chi connectivity index (χ1v) is 8.40. The first kappa shape index (κ1) is 19.1. The second-order valence-electron chi connectivity index (χ2n) is 5.65. The van der Waals surface area contributed by atoms with Gasteiger partial charge in [-0.15, -0.1) is 0 Å². The first-order chi connectivity index (χ1) is 9.68. The third-order valence-electron chi connectivity index (χ3n) is 3.59. The summed E-state index contributed by atoms with van der Waals surface area (Å²) in [5, 5.41) is 0. The Morgan fingerprint density at radius 3 is 1.65 bits per heavy atom. The molecule has 0 amide bonds. The molecule has 0 aromatic rings. The van der Waals surface area contributed by atoms with Gasteiger partial charge in [-0.25, -0.2) is 0 Å². The molecule has 0 aromatic heterocycles. The Balaban J connectivity index is 3.17. The maximum atomic E-state index is 11.0. The Bertz CT molecular complexity index is 279. The van der Waals surface area contributed by atoms with Gasteiger partial charge in [-0.2, -0.15) is 0 Å². The predicted octanol–water partition coefficient (Wildman–Crippen LogP) is 5.40. The molecule has 2 nitrogen and oxygen atoms in total. The molecule has 0 aliphatic heterocycles. The van der Waals surface area contributed by atoms with E-state index in [0.29, 0.717) is 0 Å². The van der Waals surface area contributed by atoms with Crippen molar-refractivity contribution in [3.05, 3.63) is 12.2 Å². The summed E-state index contributed by atoms with van der Waals surface area (Å²) in [7, 11) is 0. The van der Waals surface area contributed by atoms with Gasteiger partial charge >= 0.3 is 0 Å². The van der Waals surface area contributed by atoms with Gasteiger partial charge in [0.1, 0.15) is 0 Å². The van der Waals surface area contributed by atoms with Crippen molar-refractivity contribution in [2.45, 2.75) is 90.9 Å². The molecule has 0 saturated heterocycles. The molecule has 0 atom stereocenters. The fourth-order valence-corrected chi connectivity index (χ4v) is 2.23. The summed E-state index contributed by atoms with van der Waals surface area (Å²) in [6, 6.07) is 0. The van der Waals surface area contributed by atoms with E-state index in [1.807, 2.05) is 6.08 Å². The van der Waals surface area contributed by atoms with Crippen LogP contribution in [-0.4, -0.2) is 11.6 Å². The Hall–Kier alpha value is -0.920. The molecule has 0 fully saturated rings. The van der Waals surface area contributed by atoms with Crippen molar-refractivity contribution in [3.8, 4) is 0 Å². The van der Waals surface area contributed by atoms with Crippen LogP contribution in [0.4, 0.5) is 0 Å². The number of allylic oxidation sites excluding steroid dienone is 2. The lowest BCUT2D eigenvalue weighted by Crippen LogP contribution is -2.04. The average Bonchev–Trinajstić information content (AvgIpc) is 2.43. The minimum Gasteiger partial charge on any atom is -0.291 e. The van der Waals surface area contributed by atoms with E-state index in [-0.39, 0.29) is 11.6 Å². The van der Waals surface area contributed by atoms with Crippen molar-refractivity contribution in [1.29, 1.82) is 0 Å². The number of ketones is 2. The number of unbranched alkanes of at least 4 members (excludes halogenated alkanes) is 11. The van der Waals surface area contributed by atoms with Crippen molar-refractivity contribution >= 4 is 11.6 Å². The van der Waals surface area contributed by atoms with Crippen LogP contribution < -0.4 is 0 Å². The van der Waals surface area contributed by atoms with Crippen molar-refractivity contribution in [2.24, 2.45) is 0 Å². The molecule has 0 aromatic carbocycles. The number of carbonyl (C=O) groups excluding carboxylic acids is 2. The van der Waals surface area contributed by atoms with E-state index >= 15 is 0 Å². The Kier molecular flexibility index (Phi) is 13.8. The largest absolute Gasteiger partial charge is 0.291 e. The first-order valence-electron chi connectivity index (χ1n) is 8.40. The molecule has 0 N–H and O–H groups in total. The van der Waals surface area contributed by atoms with Gasteiger partial charge in [-0.1, -0.05) is 77.2 Å². The summed E-state index contributed by atoms with van der Waals surface area (Å²) in [5.41, 5.74) is 0. The standard InChI is InChI=1S/C18H32O2/c1-3-4-5-6-7-8-9-10-11-12-13-14-15-16-18(20)17(2)19/h15-16H,3-14H2,1-2H3. The summed E-state index contributed by atoms with van der Waals surface area (Å²) in [6.07, 6.45) is 18.8. The zero-order valence-corrected chi connectivity index (χ0v) is 13.5. The third-order valence-corrected chi connectivity index (χ3v) is 3.59. The van der Waals surface area contributed by atoms with Gasteiger partial charge in [0.15, 0.2) is 5.78 Å². The number of hydrogen-bond donors (Lipinski definition) is 0. The average molecular weight is 280 g/mol. The molecule has 0 aliphatic rings. The fraction of sp³-hybridized carbons (Fsp3) is 0.778. The van der Waals surface area contributed by atoms with Crippen LogP contribution >= 0.6 is 0 Å². The van der Waals surface area contributed by atoms with Gasteiger partial charge in [0, 0.05) is 6.92 Å². The second kappa shape index (κ2) is 14.5. The molecule has 0 aliphatic carbocycles. The molecule has 0 rings (SSSR count). The van der Waals surface area contributed by atoms with Crippen LogP contribution in [0.15, 0.2) is 12.2 Å². The third kappa shape index (κ3) is 13.5. The van der Waals surface area contributed by atoms with E-state index in [4.69, 9.17) is 0 Å². The molecule has 0 spiro atoms. The van der Waals surface area contributed by atoms with Gasteiger partial charge < -0.3 is 0 Å². The summed E-state index contributed by atoms with van der Waals surface area (Å²) in [4.78, 5) is 21.7. The molecule has 116 valence electrons. The molecule has 2 heteroatoms. The Morgan fingerprint density at radius 1 is 0.750 bits per heavy atom. The van der Waals surface area contributed by atoms with Crippen LogP contribution in [0.1, 0.15) is 90.9 Å². The number of hydrogen-bond acceptors (Lipinski definition) is 2. The lowest BCUT2D eigenvalue weighted by atomic mass is 10.1. The lowest BCUT2D eigenvalue weighted by molar-refractivity contribution is -0.132. The van der Waals surface area contributed by atoms with Crippen LogP contribution in [0, 0.1) is 0 Å². The molecular formula is C18H32O2. The van der Waals surface area contributed by atoms with Crippen LogP contribution in [-0.2, 0) is 9.59 Å². The predicted molar refractivity (Wildman–Crippen MR) is 85.9 cm³/mol. The zero-order chi connectivity index (χ0) is 15.1. The normalized spacial score (nSPS) is 11.1. The van der Waals surface area contributed by atoms with E-state index in [1.54, 1.807) is 0 Å². The minimum absolute atomic E-state index is 0.375. The molecule has 20 heavy (non-hydrogen) atoms. The lowest BCUT2D eigenvalue weighted by Gasteiger charge is -2.01. The van der Waals surface area contributed by atoms with Crippen molar-refractivity contribution in [1.82, 2.24) is 0 Å². The highest BCUT2D eigenvalue weighted by atomic mass is 16.2. The molecule has 0 bridgehead atoms. The maximum absolute atomic E-state index is 11.0. The van der Waals surface area contributed by atoms with Gasteiger partial charge in [0.2, 0.25) is 5.78 Å². The van der Waals surface area contributed by atoms with Crippen LogP contribution in [0.2, 0.25) is 0 Å². The number of rotatable bonds is 14. The van der Waals surface area contributed by atoms with Gasteiger partial charge in [-0.3, -0.25) is 9.59 Å². The monoisotopic (exact) mass is 280 g/mol.